The Kier molecular flexibility index (Phi) is 3.88. The van der Waals surface area contributed by atoms with E-state index in [4.69, 9.17) is 0 Å². The first-order valence-electron chi connectivity index (χ1n) is 8.08. The highest BCUT2D eigenvalue weighted by atomic mass is 16.3. The second-order valence-corrected chi connectivity index (χ2v) is 7.07. The number of rotatable bonds is 2. The summed E-state index contributed by atoms with van der Waals surface area (Å²) in [6, 6.07) is 13.5. The molecule has 0 aliphatic carbocycles. The molecule has 1 atom stereocenters. The van der Waals surface area contributed by atoms with Crippen molar-refractivity contribution in [3.05, 3.63) is 53.6 Å². The Morgan fingerprint density at radius 3 is 2.57 bits per heavy atom. The molecule has 0 saturated heterocycles. The van der Waals surface area contributed by atoms with E-state index >= 15 is 0 Å². The molecule has 120 valence electrons. The Hall–Kier alpha value is -2.29. The molecule has 2 aromatic rings. The van der Waals surface area contributed by atoms with E-state index in [-0.39, 0.29) is 11.3 Å². The number of hydrogen-bond acceptors (Lipinski definition) is 3. The Morgan fingerprint density at radius 2 is 1.87 bits per heavy atom. The van der Waals surface area contributed by atoms with Crippen LogP contribution < -0.4 is 4.90 Å². The van der Waals surface area contributed by atoms with Crippen LogP contribution in [0.2, 0.25) is 0 Å². The lowest BCUT2D eigenvalue weighted by molar-refractivity contribution is 0.395. The van der Waals surface area contributed by atoms with E-state index < -0.39 is 0 Å². The lowest BCUT2D eigenvalue weighted by Crippen LogP contribution is -2.45. The predicted octanol–water partition coefficient (Wildman–Crippen LogP) is 4.86. The maximum atomic E-state index is 9.31. The average Bonchev–Trinajstić information content (AvgIpc) is 2.52. The molecule has 3 nitrogen and oxygen atoms in total. The number of nitrogens with zero attached hydrogens (tertiary/aromatic N) is 2. The molecule has 0 aromatic heterocycles. The van der Waals surface area contributed by atoms with Gasteiger partial charge in [-0.05, 0) is 73.7 Å². The zero-order valence-electron chi connectivity index (χ0n) is 14.2. The molecule has 1 aliphatic rings. The number of phenolic OH excluding ortho intramolecular Hbond substituents is 1. The summed E-state index contributed by atoms with van der Waals surface area (Å²) in [5, 5.41) is 9.31. The number of hydrogen-bond donors (Lipinski definition) is 1. The number of anilines is 1. The van der Waals surface area contributed by atoms with Crippen molar-refractivity contribution in [2.45, 2.75) is 38.6 Å². The van der Waals surface area contributed by atoms with Gasteiger partial charge in [0.15, 0.2) is 0 Å². The van der Waals surface area contributed by atoms with Gasteiger partial charge in [0.1, 0.15) is 5.75 Å². The van der Waals surface area contributed by atoms with E-state index in [1.165, 1.54) is 11.3 Å². The second kappa shape index (κ2) is 5.73. The molecule has 0 spiro atoms. The fraction of sp³-hybridized carbons (Fsp3) is 0.350. The van der Waals surface area contributed by atoms with Crippen LogP contribution in [0.1, 0.15) is 44.2 Å². The minimum absolute atomic E-state index is 0.189. The lowest BCUT2D eigenvalue weighted by Gasteiger charge is -2.45. The van der Waals surface area contributed by atoms with Crippen LogP contribution in [0.15, 0.2) is 47.5 Å². The van der Waals surface area contributed by atoms with Crippen LogP contribution in [0, 0.1) is 0 Å². The van der Waals surface area contributed by atoms with Gasteiger partial charge in [-0.3, -0.25) is 4.99 Å². The molecule has 1 N–H and O–H groups in total. The summed E-state index contributed by atoms with van der Waals surface area (Å²) in [7, 11) is 2.18. The highest BCUT2D eigenvalue weighted by Crippen LogP contribution is 2.42. The monoisotopic (exact) mass is 308 g/mol. The van der Waals surface area contributed by atoms with Crippen molar-refractivity contribution in [3.8, 4) is 5.75 Å². The van der Waals surface area contributed by atoms with Crippen LogP contribution in [0.5, 0.6) is 5.75 Å². The first kappa shape index (κ1) is 15.6. The van der Waals surface area contributed by atoms with E-state index in [0.717, 1.165) is 17.7 Å². The SMILES string of the molecule is C[C@@H]1CC(C)(C)N(C)c2ccc(C=Nc3ccc(O)cc3)cc21. The van der Waals surface area contributed by atoms with Gasteiger partial charge in [0, 0.05) is 24.5 Å². The smallest absolute Gasteiger partial charge is 0.115 e. The molecule has 0 unspecified atom stereocenters. The van der Waals surface area contributed by atoms with Crippen molar-refractivity contribution >= 4 is 17.6 Å². The van der Waals surface area contributed by atoms with Gasteiger partial charge in [0.2, 0.25) is 0 Å². The standard InChI is InChI=1S/C20H24N2O/c1-14-12-20(2,3)22(4)19-10-5-15(11-18(14)19)13-21-16-6-8-17(23)9-7-16/h5-11,13-14,23H,12H2,1-4H3/t14-/m1/s1. The van der Waals surface area contributed by atoms with Crippen LogP contribution in [0.4, 0.5) is 11.4 Å². The van der Waals surface area contributed by atoms with Crippen LogP contribution in [-0.4, -0.2) is 23.9 Å². The fourth-order valence-electron chi connectivity index (χ4n) is 3.36. The molecule has 0 amide bonds. The topological polar surface area (TPSA) is 35.8 Å². The molecule has 23 heavy (non-hydrogen) atoms. The molecule has 0 radical (unpaired) electrons. The van der Waals surface area contributed by atoms with Crippen LogP contribution >= 0.6 is 0 Å². The number of phenols is 1. The van der Waals surface area contributed by atoms with Gasteiger partial charge in [0.25, 0.3) is 0 Å². The summed E-state index contributed by atoms with van der Waals surface area (Å²) >= 11 is 0. The minimum atomic E-state index is 0.189. The predicted molar refractivity (Wildman–Crippen MR) is 97.3 cm³/mol. The summed E-state index contributed by atoms with van der Waals surface area (Å²) in [6.45, 7) is 6.90. The first-order valence-corrected chi connectivity index (χ1v) is 8.08. The highest BCUT2D eigenvalue weighted by Gasteiger charge is 2.33. The quantitative estimate of drug-likeness (QED) is 0.804. The zero-order valence-corrected chi connectivity index (χ0v) is 14.2. The summed E-state index contributed by atoms with van der Waals surface area (Å²) < 4.78 is 0. The Labute approximate surface area is 138 Å². The van der Waals surface area contributed by atoms with Crippen LogP contribution in [0.25, 0.3) is 0 Å². The van der Waals surface area contributed by atoms with E-state index in [1.807, 2.05) is 18.3 Å². The largest absolute Gasteiger partial charge is 0.508 e. The summed E-state index contributed by atoms with van der Waals surface area (Å²) in [4.78, 5) is 6.87. The van der Waals surface area contributed by atoms with Gasteiger partial charge >= 0.3 is 0 Å². The molecule has 0 bridgehead atoms. The minimum Gasteiger partial charge on any atom is -0.508 e. The van der Waals surface area contributed by atoms with Crippen molar-refractivity contribution in [3.63, 3.8) is 0 Å². The second-order valence-electron chi connectivity index (χ2n) is 7.07. The van der Waals surface area contributed by atoms with Crippen LogP contribution in [-0.2, 0) is 0 Å². The molecule has 0 fully saturated rings. The average molecular weight is 308 g/mol. The maximum absolute atomic E-state index is 9.31. The zero-order chi connectivity index (χ0) is 16.6. The van der Waals surface area contributed by atoms with E-state index in [1.54, 1.807) is 12.1 Å². The number of aliphatic imine (C=N–C) groups is 1. The van der Waals surface area contributed by atoms with Gasteiger partial charge in [-0.15, -0.1) is 0 Å². The number of benzene rings is 2. The molecule has 0 saturated carbocycles. The molecule has 1 heterocycles. The van der Waals surface area contributed by atoms with Crippen molar-refractivity contribution in [2.24, 2.45) is 4.99 Å². The third-order valence-electron chi connectivity index (χ3n) is 4.87. The van der Waals surface area contributed by atoms with Gasteiger partial charge in [-0.25, -0.2) is 0 Å². The van der Waals surface area contributed by atoms with Crippen LogP contribution in [0.3, 0.4) is 0 Å². The van der Waals surface area contributed by atoms with Crippen molar-refractivity contribution in [2.75, 3.05) is 11.9 Å². The van der Waals surface area contributed by atoms with Gasteiger partial charge in [-0.2, -0.15) is 0 Å². The fourth-order valence-corrected chi connectivity index (χ4v) is 3.36. The molecule has 2 aromatic carbocycles. The number of aromatic hydroxyl groups is 1. The Balaban J connectivity index is 1.89. The molecule has 3 heteroatoms. The normalized spacial score (nSPS) is 19.8. The third kappa shape index (κ3) is 3.09. The summed E-state index contributed by atoms with van der Waals surface area (Å²) in [5.41, 5.74) is 4.84. The maximum Gasteiger partial charge on any atom is 0.115 e. The Morgan fingerprint density at radius 1 is 1.17 bits per heavy atom. The number of fused-ring (bicyclic) bond motifs is 1. The van der Waals surface area contributed by atoms with Crippen molar-refractivity contribution in [1.82, 2.24) is 0 Å². The molecular weight excluding hydrogens is 284 g/mol. The summed E-state index contributed by atoms with van der Waals surface area (Å²) in [5.74, 6) is 0.801. The van der Waals surface area contributed by atoms with Gasteiger partial charge < -0.3 is 10.0 Å². The molecule has 3 rings (SSSR count). The summed E-state index contributed by atoms with van der Waals surface area (Å²) in [6.07, 6.45) is 3.04. The van der Waals surface area contributed by atoms with Crippen molar-refractivity contribution < 1.29 is 5.11 Å². The third-order valence-corrected chi connectivity index (χ3v) is 4.87. The van der Waals surface area contributed by atoms with E-state index in [9.17, 15) is 5.11 Å². The van der Waals surface area contributed by atoms with Gasteiger partial charge in [0.05, 0.1) is 5.69 Å². The molecule has 1 aliphatic heterocycles. The first-order chi connectivity index (χ1) is 10.9. The highest BCUT2D eigenvalue weighted by molar-refractivity contribution is 5.83. The Bertz CT molecular complexity index is 732. The van der Waals surface area contributed by atoms with E-state index in [0.29, 0.717) is 5.92 Å². The van der Waals surface area contributed by atoms with Crippen molar-refractivity contribution in [1.29, 1.82) is 0 Å². The van der Waals surface area contributed by atoms with E-state index in [2.05, 4.69) is 55.9 Å². The lowest BCUT2D eigenvalue weighted by atomic mass is 9.80. The van der Waals surface area contributed by atoms with Gasteiger partial charge in [-0.1, -0.05) is 13.0 Å². The molecular formula is C20H24N2O.